The Labute approximate surface area is 219 Å². The number of hydrogen-bond donors (Lipinski definition) is 3. The molecule has 0 radical (unpaired) electrons. The Hall–Kier alpha value is -4.16. The molecular weight excluding hydrogens is 525 g/mol. The first kappa shape index (κ1) is 26.9. The molecule has 0 amide bonds. The number of nitrogens with two attached hydrogens (primary N) is 2. The van der Waals surface area contributed by atoms with Crippen LogP contribution in [0.4, 0.5) is 19.1 Å². The van der Waals surface area contributed by atoms with Crippen LogP contribution in [-0.2, 0) is 11.2 Å². The van der Waals surface area contributed by atoms with Crippen LogP contribution < -0.4 is 16.2 Å². The SMILES string of the molecule is Cc1ccn(-c2ccc(Cl)cc2[C@@H](Oc2cc(-c3ccc(C[C@H](N)C(=O)O)cc3)nc(N)n2)C(F)(F)F)n1. The molecule has 4 rings (SSSR count). The highest BCUT2D eigenvalue weighted by Crippen LogP contribution is 2.40. The van der Waals surface area contributed by atoms with Crippen molar-refractivity contribution in [3.8, 4) is 22.8 Å². The lowest BCUT2D eigenvalue weighted by Gasteiger charge is -2.24. The number of alkyl halides is 3. The minimum atomic E-state index is -4.86. The van der Waals surface area contributed by atoms with Gasteiger partial charge in [-0.25, -0.2) is 9.67 Å². The Balaban J connectivity index is 1.69. The van der Waals surface area contributed by atoms with Crippen molar-refractivity contribution in [2.24, 2.45) is 5.73 Å². The second-order valence-corrected chi connectivity index (χ2v) is 8.88. The molecule has 2 aromatic heterocycles. The van der Waals surface area contributed by atoms with Gasteiger partial charge in [-0.3, -0.25) is 4.79 Å². The number of nitrogens with zero attached hydrogens (tertiary/aromatic N) is 4. The summed E-state index contributed by atoms with van der Waals surface area (Å²) in [6.07, 6.45) is -5.68. The lowest BCUT2D eigenvalue weighted by molar-refractivity contribution is -0.198. The van der Waals surface area contributed by atoms with Crippen LogP contribution in [0.5, 0.6) is 5.88 Å². The fourth-order valence-electron chi connectivity index (χ4n) is 3.72. The smallest absolute Gasteiger partial charge is 0.429 e. The Morgan fingerprint density at radius 2 is 1.84 bits per heavy atom. The van der Waals surface area contributed by atoms with Gasteiger partial charge in [0.15, 0.2) is 0 Å². The third-order valence-corrected chi connectivity index (χ3v) is 5.75. The molecular formula is C25H22ClF3N6O3. The predicted octanol–water partition coefficient (Wildman–Crippen LogP) is 4.51. The van der Waals surface area contributed by atoms with Crippen LogP contribution in [-0.4, -0.2) is 43.0 Å². The summed E-state index contributed by atoms with van der Waals surface area (Å²) in [7, 11) is 0. The molecule has 2 aromatic carbocycles. The number of carboxylic acids is 1. The summed E-state index contributed by atoms with van der Waals surface area (Å²) in [6.45, 7) is 1.71. The fraction of sp³-hybridized carbons (Fsp3) is 0.200. The van der Waals surface area contributed by atoms with E-state index in [2.05, 4.69) is 15.1 Å². The van der Waals surface area contributed by atoms with Gasteiger partial charge in [0, 0.05) is 28.4 Å². The number of ether oxygens (including phenoxy) is 1. The molecule has 0 aliphatic carbocycles. The summed E-state index contributed by atoms with van der Waals surface area (Å²) >= 11 is 6.06. The van der Waals surface area contributed by atoms with E-state index in [-0.39, 0.29) is 34.3 Å². The van der Waals surface area contributed by atoms with Crippen LogP contribution >= 0.6 is 11.6 Å². The topological polar surface area (TPSA) is 142 Å². The summed E-state index contributed by atoms with van der Waals surface area (Å²) in [6, 6.07) is 12.4. The summed E-state index contributed by atoms with van der Waals surface area (Å²) in [5.74, 6) is -1.84. The number of carbonyl (C=O) groups is 1. The molecule has 0 saturated heterocycles. The number of aromatic nitrogens is 4. The van der Waals surface area contributed by atoms with Crippen molar-refractivity contribution in [1.82, 2.24) is 19.7 Å². The number of carboxylic acid groups (broad SMARTS) is 1. The molecule has 0 fully saturated rings. The van der Waals surface area contributed by atoms with Gasteiger partial charge in [0.2, 0.25) is 17.9 Å². The minimum absolute atomic E-state index is 0.0797. The first-order chi connectivity index (χ1) is 17.9. The molecule has 13 heteroatoms. The van der Waals surface area contributed by atoms with Gasteiger partial charge in [-0.1, -0.05) is 35.9 Å². The molecule has 5 N–H and O–H groups in total. The maximum atomic E-state index is 14.3. The normalized spacial score (nSPS) is 13.2. The number of rotatable bonds is 8. The Morgan fingerprint density at radius 1 is 1.13 bits per heavy atom. The van der Waals surface area contributed by atoms with Crippen molar-refractivity contribution < 1.29 is 27.8 Å². The van der Waals surface area contributed by atoms with E-state index in [1.54, 1.807) is 37.3 Å². The van der Waals surface area contributed by atoms with E-state index in [9.17, 15) is 18.0 Å². The van der Waals surface area contributed by atoms with Gasteiger partial charge in [0.1, 0.15) is 6.04 Å². The molecule has 0 saturated carbocycles. The molecule has 0 aliphatic heterocycles. The van der Waals surface area contributed by atoms with Gasteiger partial charge in [-0.15, -0.1) is 0 Å². The minimum Gasteiger partial charge on any atom is -0.480 e. The number of nitrogen functional groups attached to an aromatic ring is 1. The second kappa shape index (κ2) is 10.7. The summed E-state index contributed by atoms with van der Waals surface area (Å²) in [4.78, 5) is 18.9. The summed E-state index contributed by atoms with van der Waals surface area (Å²) in [5, 5.41) is 13.3. The van der Waals surface area contributed by atoms with Crippen molar-refractivity contribution in [2.75, 3.05) is 5.73 Å². The molecule has 198 valence electrons. The highest BCUT2D eigenvalue weighted by molar-refractivity contribution is 6.30. The van der Waals surface area contributed by atoms with Crippen molar-refractivity contribution >= 4 is 23.5 Å². The van der Waals surface area contributed by atoms with Gasteiger partial charge >= 0.3 is 12.1 Å². The average Bonchev–Trinajstić information content (AvgIpc) is 3.27. The molecule has 0 spiro atoms. The highest BCUT2D eigenvalue weighted by Gasteiger charge is 2.45. The van der Waals surface area contributed by atoms with Crippen LogP contribution in [0.3, 0.4) is 0 Å². The van der Waals surface area contributed by atoms with Gasteiger partial charge in [-0.2, -0.15) is 23.3 Å². The zero-order chi connectivity index (χ0) is 27.6. The van der Waals surface area contributed by atoms with Gasteiger partial charge in [0.05, 0.1) is 17.1 Å². The van der Waals surface area contributed by atoms with E-state index in [0.717, 1.165) is 6.07 Å². The van der Waals surface area contributed by atoms with Crippen molar-refractivity contribution in [2.45, 2.75) is 31.7 Å². The lowest BCUT2D eigenvalue weighted by Crippen LogP contribution is -2.32. The molecule has 0 bridgehead atoms. The zero-order valence-corrected chi connectivity index (χ0v) is 20.6. The number of halogens is 4. The van der Waals surface area contributed by atoms with E-state index < -0.39 is 30.2 Å². The molecule has 2 atom stereocenters. The zero-order valence-electron chi connectivity index (χ0n) is 19.9. The van der Waals surface area contributed by atoms with E-state index in [1.807, 2.05) is 0 Å². The monoisotopic (exact) mass is 546 g/mol. The molecule has 2 heterocycles. The van der Waals surface area contributed by atoms with Gasteiger partial charge < -0.3 is 21.3 Å². The van der Waals surface area contributed by atoms with Gasteiger partial charge in [-0.05, 0) is 43.2 Å². The van der Waals surface area contributed by atoms with Crippen LogP contribution in [0.2, 0.25) is 5.02 Å². The second-order valence-electron chi connectivity index (χ2n) is 8.44. The van der Waals surface area contributed by atoms with E-state index in [4.69, 9.17) is 32.9 Å². The van der Waals surface area contributed by atoms with Crippen molar-refractivity contribution in [1.29, 1.82) is 0 Å². The number of benzene rings is 2. The average molecular weight is 547 g/mol. The molecule has 0 aliphatic rings. The summed E-state index contributed by atoms with van der Waals surface area (Å²) in [5.41, 5.74) is 13.2. The quantitative estimate of drug-likeness (QED) is 0.293. The molecule has 0 unspecified atom stereocenters. The largest absolute Gasteiger partial charge is 0.480 e. The van der Waals surface area contributed by atoms with Crippen LogP contribution in [0, 0.1) is 6.92 Å². The van der Waals surface area contributed by atoms with Crippen molar-refractivity contribution in [3.05, 3.63) is 82.6 Å². The van der Waals surface area contributed by atoms with E-state index in [1.165, 1.54) is 29.1 Å². The summed E-state index contributed by atoms with van der Waals surface area (Å²) < 4.78 is 49.7. The first-order valence-electron chi connectivity index (χ1n) is 11.2. The third kappa shape index (κ3) is 6.21. The van der Waals surface area contributed by atoms with E-state index in [0.29, 0.717) is 16.8 Å². The van der Waals surface area contributed by atoms with Gasteiger partial charge in [0.25, 0.3) is 0 Å². The molecule has 9 nitrogen and oxygen atoms in total. The first-order valence-corrected chi connectivity index (χ1v) is 11.6. The third-order valence-electron chi connectivity index (χ3n) is 5.52. The maximum Gasteiger partial charge on any atom is 0.429 e. The number of anilines is 1. The highest BCUT2D eigenvalue weighted by atomic mass is 35.5. The number of aryl methyl sites for hydroxylation is 1. The van der Waals surface area contributed by atoms with Crippen LogP contribution in [0.25, 0.3) is 16.9 Å². The number of aliphatic carboxylic acids is 1. The fourth-order valence-corrected chi connectivity index (χ4v) is 3.91. The standard InChI is InChI=1S/C25H22ClF3N6O3/c1-13-8-9-35(34-13)20-7-6-16(26)11-17(20)22(25(27,28)29)38-21-12-19(32-24(31)33-21)15-4-2-14(3-5-15)10-18(30)23(36)37/h2-9,11-12,18,22H,10,30H2,1H3,(H,36,37)(H2,31,32,33)/t18-,22+/m0/s1. The molecule has 38 heavy (non-hydrogen) atoms. The maximum absolute atomic E-state index is 14.3. The Bertz CT molecular complexity index is 1460. The number of hydrogen-bond acceptors (Lipinski definition) is 7. The molecule has 4 aromatic rings. The Morgan fingerprint density at radius 3 is 2.45 bits per heavy atom. The van der Waals surface area contributed by atoms with Crippen LogP contribution in [0.1, 0.15) is 22.9 Å². The predicted molar refractivity (Wildman–Crippen MR) is 134 cm³/mol. The Kier molecular flexibility index (Phi) is 7.56. The van der Waals surface area contributed by atoms with Crippen LogP contribution in [0.15, 0.2) is 60.8 Å². The lowest BCUT2D eigenvalue weighted by atomic mass is 10.0. The van der Waals surface area contributed by atoms with Crippen molar-refractivity contribution in [3.63, 3.8) is 0 Å². The van der Waals surface area contributed by atoms with E-state index >= 15 is 0 Å².